The van der Waals surface area contributed by atoms with Crippen LogP contribution in [-0.4, -0.2) is 30.0 Å². The van der Waals surface area contributed by atoms with Gasteiger partial charge in [-0.25, -0.2) is 0 Å². The summed E-state index contributed by atoms with van der Waals surface area (Å²) in [5.74, 6) is -0.721. The molecule has 26 heavy (non-hydrogen) atoms. The predicted molar refractivity (Wildman–Crippen MR) is 98.3 cm³/mol. The first kappa shape index (κ1) is 19.5. The van der Waals surface area contributed by atoms with Crippen molar-refractivity contribution in [3.63, 3.8) is 0 Å². The van der Waals surface area contributed by atoms with Gasteiger partial charge in [-0.05, 0) is 43.3 Å². The van der Waals surface area contributed by atoms with Crippen LogP contribution in [0.15, 0.2) is 58.3 Å². The summed E-state index contributed by atoms with van der Waals surface area (Å²) in [6, 6.07) is 13.4. The molecule has 0 N–H and O–H groups in total. The standard InChI is InChI=1S/C18H18N2O5S/c1-3-25-18(22)12-19(13(2)21)14-4-8-16(9-5-14)26-17-10-6-15(7-11-17)20(23)24/h4-11H,3,12H2,1-2H3. The van der Waals surface area contributed by atoms with Crippen molar-refractivity contribution < 1.29 is 19.2 Å². The number of amides is 1. The van der Waals surface area contributed by atoms with Crippen LogP contribution in [0.3, 0.4) is 0 Å². The minimum Gasteiger partial charge on any atom is -0.465 e. The highest BCUT2D eigenvalue weighted by atomic mass is 32.2. The van der Waals surface area contributed by atoms with Crippen LogP contribution >= 0.6 is 11.8 Å². The van der Waals surface area contributed by atoms with Crippen LogP contribution in [0.5, 0.6) is 0 Å². The van der Waals surface area contributed by atoms with Crippen molar-refractivity contribution in [1.29, 1.82) is 0 Å². The molecule has 0 unspecified atom stereocenters. The van der Waals surface area contributed by atoms with Crippen molar-refractivity contribution in [2.45, 2.75) is 23.6 Å². The Morgan fingerprint density at radius 3 is 2.08 bits per heavy atom. The molecule has 0 aliphatic carbocycles. The number of rotatable bonds is 7. The molecule has 0 heterocycles. The molecule has 2 rings (SSSR count). The first-order valence-electron chi connectivity index (χ1n) is 7.86. The molecule has 2 aromatic rings. The van der Waals surface area contributed by atoms with Gasteiger partial charge in [0.1, 0.15) is 6.54 Å². The molecule has 0 bridgehead atoms. The maximum absolute atomic E-state index is 11.8. The zero-order valence-electron chi connectivity index (χ0n) is 14.4. The van der Waals surface area contributed by atoms with Crippen molar-refractivity contribution in [2.24, 2.45) is 0 Å². The number of hydrogen-bond acceptors (Lipinski definition) is 6. The molecule has 0 aliphatic rings. The highest BCUT2D eigenvalue weighted by molar-refractivity contribution is 7.99. The Bertz CT molecular complexity index is 790. The van der Waals surface area contributed by atoms with Crippen LogP contribution < -0.4 is 4.90 Å². The molecular formula is C18H18N2O5S. The van der Waals surface area contributed by atoms with E-state index in [-0.39, 0.29) is 24.7 Å². The molecule has 8 heteroatoms. The average molecular weight is 374 g/mol. The van der Waals surface area contributed by atoms with Crippen LogP contribution in [0.1, 0.15) is 13.8 Å². The quantitative estimate of drug-likeness (QED) is 0.417. The Labute approximate surface area is 155 Å². The van der Waals surface area contributed by atoms with Gasteiger partial charge in [-0.2, -0.15) is 0 Å². The zero-order valence-corrected chi connectivity index (χ0v) is 15.2. The molecule has 0 saturated carbocycles. The fourth-order valence-corrected chi connectivity index (χ4v) is 3.00. The molecule has 136 valence electrons. The summed E-state index contributed by atoms with van der Waals surface area (Å²) in [6.07, 6.45) is 0. The fourth-order valence-electron chi connectivity index (χ4n) is 2.19. The highest BCUT2D eigenvalue weighted by Gasteiger charge is 2.16. The Kier molecular flexibility index (Phi) is 6.74. The molecule has 1 amide bonds. The third kappa shape index (κ3) is 5.32. The van der Waals surface area contributed by atoms with Gasteiger partial charge in [-0.3, -0.25) is 19.7 Å². The Hall–Kier alpha value is -2.87. The van der Waals surface area contributed by atoms with Gasteiger partial charge in [0.25, 0.3) is 5.69 Å². The van der Waals surface area contributed by atoms with E-state index in [9.17, 15) is 19.7 Å². The zero-order chi connectivity index (χ0) is 19.1. The number of nitrogens with zero attached hydrogens (tertiary/aromatic N) is 2. The number of hydrogen-bond donors (Lipinski definition) is 0. The Morgan fingerprint density at radius 2 is 1.62 bits per heavy atom. The van der Waals surface area contributed by atoms with E-state index < -0.39 is 10.9 Å². The van der Waals surface area contributed by atoms with Gasteiger partial charge in [0.05, 0.1) is 11.5 Å². The van der Waals surface area contributed by atoms with E-state index >= 15 is 0 Å². The summed E-state index contributed by atoms with van der Waals surface area (Å²) in [5.41, 5.74) is 0.638. The van der Waals surface area contributed by atoms with Crippen LogP contribution in [0.25, 0.3) is 0 Å². The molecule has 7 nitrogen and oxygen atoms in total. The van der Waals surface area contributed by atoms with Crippen molar-refractivity contribution in [1.82, 2.24) is 0 Å². The van der Waals surface area contributed by atoms with Gasteiger partial charge in [0.2, 0.25) is 5.91 Å². The van der Waals surface area contributed by atoms with Gasteiger partial charge < -0.3 is 9.64 Å². The molecule has 0 fully saturated rings. The van der Waals surface area contributed by atoms with Gasteiger partial charge >= 0.3 is 5.97 Å². The number of nitro benzene ring substituents is 1. The van der Waals surface area contributed by atoms with Gasteiger partial charge in [-0.1, -0.05) is 11.8 Å². The second-order valence-corrected chi connectivity index (χ2v) is 6.40. The number of nitro groups is 1. The largest absolute Gasteiger partial charge is 0.465 e. The molecule has 0 saturated heterocycles. The maximum Gasteiger partial charge on any atom is 0.326 e. The molecule has 0 aliphatic heterocycles. The van der Waals surface area contributed by atoms with Crippen molar-refractivity contribution in [2.75, 3.05) is 18.1 Å². The Balaban J connectivity index is 2.09. The number of esters is 1. The number of carbonyl (C=O) groups is 2. The SMILES string of the molecule is CCOC(=O)CN(C(C)=O)c1ccc(Sc2ccc([N+](=O)[O-])cc2)cc1. The average Bonchev–Trinajstić information content (AvgIpc) is 2.61. The van der Waals surface area contributed by atoms with Crippen LogP contribution in [0.4, 0.5) is 11.4 Å². The topological polar surface area (TPSA) is 89.8 Å². The van der Waals surface area contributed by atoms with Crippen LogP contribution in [0, 0.1) is 10.1 Å². The van der Waals surface area contributed by atoms with E-state index in [1.54, 1.807) is 31.2 Å². The van der Waals surface area contributed by atoms with E-state index in [1.807, 2.05) is 12.1 Å². The van der Waals surface area contributed by atoms with E-state index in [1.165, 1.54) is 35.7 Å². The molecule has 0 radical (unpaired) electrons. The van der Waals surface area contributed by atoms with E-state index in [0.29, 0.717) is 5.69 Å². The molecule has 0 spiro atoms. The lowest BCUT2D eigenvalue weighted by atomic mass is 10.3. The first-order valence-corrected chi connectivity index (χ1v) is 8.68. The van der Waals surface area contributed by atoms with Crippen molar-refractivity contribution in [3.05, 3.63) is 58.6 Å². The first-order chi connectivity index (χ1) is 12.4. The second kappa shape index (κ2) is 9.00. The van der Waals surface area contributed by atoms with Crippen LogP contribution in [-0.2, 0) is 14.3 Å². The number of carbonyl (C=O) groups excluding carboxylic acids is 2. The third-order valence-electron chi connectivity index (χ3n) is 3.40. The number of anilines is 1. The van der Waals surface area contributed by atoms with Gasteiger partial charge in [-0.15, -0.1) is 0 Å². The summed E-state index contributed by atoms with van der Waals surface area (Å²) >= 11 is 1.44. The monoisotopic (exact) mass is 374 g/mol. The van der Waals surface area contributed by atoms with Crippen LogP contribution in [0.2, 0.25) is 0 Å². The smallest absolute Gasteiger partial charge is 0.326 e. The third-order valence-corrected chi connectivity index (χ3v) is 4.42. The van der Waals surface area contributed by atoms with Crippen molar-refractivity contribution in [3.8, 4) is 0 Å². The normalized spacial score (nSPS) is 10.2. The minimum atomic E-state index is -0.466. The summed E-state index contributed by atoms with van der Waals surface area (Å²) in [7, 11) is 0. The van der Waals surface area contributed by atoms with E-state index in [4.69, 9.17) is 4.74 Å². The summed E-state index contributed by atoms with van der Waals surface area (Å²) in [4.78, 5) is 36.8. The maximum atomic E-state index is 11.8. The van der Waals surface area contributed by atoms with E-state index in [0.717, 1.165) is 9.79 Å². The molecular weight excluding hydrogens is 356 g/mol. The number of ether oxygens (including phenoxy) is 1. The fraction of sp³-hybridized carbons (Fsp3) is 0.222. The Morgan fingerprint density at radius 1 is 1.08 bits per heavy atom. The molecule has 0 aromatic heterocycles. The lowest BCUT2D eigenvalue weighted by Crippen LogP contribution is -2.34. The predicted octanol–water partition coefficient (Wildman–Crippen LogP) is 3.66. The molecule has 2 aromatic carbocycles. The minimum absolute atomic E-state index is 0.0424. The second-order valence-electron chi connectivity index (χ2n) is 5.26. The van der Waals surface area contributed by atoms with E-state index in [2.05, 4.69) is 0 Å². The lowest BCUT2D eigenvalue weighted by molar-refractivity contribution is -0.384. The highest BCUT2D eigenvalue weighted by Crippen LogP contribution is 2.30. The number of non-ortho nitro benzene ring substituents is 1. The number of benzene rings is 2. The van der Waals surface area contributed by atoms with Gasteiger partial charge in [0.15, 0.2) is 0 Å². The summed E-state index contributed by atoms with van der Waals surface area (Å²) in [6.45, 7) is 3.21. The summed E-state index contributed by atoms with van der Waals surface area (Å²) < 4.78 is 4.89. The molecule has 0 atom stereocenters. The van der Waals surface area contributed by atoms with Crippen molar-refractivity contribution >= 4 is 35.0 Å². The summed E-state index contributed by atoms with van der Waals surface area (Å²) in [5, 5.41) is 10.7. The lowest BCUT2D eigenvalue weighted by Gasteiger charge is -2.20. The van der Waals surface area contributed by atoms with Gasteiger partial charge in [0, 0.05) is 34.5 Å².